The highest BCUT2D eigenvalue weighted by Gasteiger charge is 2.16. The van der Waals surface area contributed by atoms with Crippen LogP contribution < -0.4 is 10.1 Å². The van der Waals surface area contributed by atoms with E-state index < -0.39 is 0 Å². The zero-order chi connectivity index (χ0) is 16.8. The SMILES string of the molecule is C#Cc1cccc(NC(=O)c2ccc(OCC3CCCO3)cc2)c1. The normalized spacial score (nSPS) is 16.4. The monoisotopic (exact) mass is 321 g/mol. The molecule has 1 heterocycles. The number of ether oxygens (including phenoxy) is 2. The predicted molar refractivity (Wildman–Crippen MR) is 93.2 cm³/mol. The van der Waals surface area contributed by atoms with Gasteiger partial charge in [-0.15, -0.1) is 6.42 Å². The van der Waals surface area contributed by atoms with E-state index in [0.29, 0.717) is 17.9 Å². The molecule has 24 heavy (non-hydrogen) atoms. The number of carbonyl (C=O) groups excluding carboxylic acids is 1. The van der Waals surface area contributed by atoms with E-state index in [1.54, 1.807) is 36.4 Å². The molecule has 4 nitrogen and oxygen atoms in total. The molecule has 1 saturated heterocycles. The first kappa shape index (κ1) is 16.1. The Labute approximate surface area is 141 Å². The number of terminal acetylenes is 1. The van der Waals surface area contributed by atoms with Crippen LogP contribution in [-0.4, -0.2) is 25.2 Å². The molecule has 1 N–H and O–H groups in total. The molecule has 2 aromatic carbocycles. The van der Waals surface area contributed by atoms with Crippen molar-refractivity contribution in [2.45, 2.75) is 18.9 Å². The predicted octanol–water partition coefficient (Wildman–Crippen LogP) is 3.48. The lowest BCUT2D eigenvalue weighted by atomic mass is 10.1. The lowest BCUT2D eigenvalue weighted by molar-refractivity contribution is 0.0679. The number of nitrogens with one attached hydrogen (secondary N) is 1. The maximum atomic E-state index is 12.3. The van der Waals surface area contributed by atoms with E-state index in [9.17, 15) is 4.79 Å². The average Bonchev–Trinajstić information content (AvgIpc) is 3.14. The van der Waals surface area contributed by atoms with Gasteiger partial charge in [0.05, 0.1) is 6.10 Å². The maximum absolute atomic E-state index is 12.3. The number of hydrogen-bond acceptors (Lipinski definition) is 3. The van der Waals surface area contributed by atoms with Crippen molar-refractivity contribution in [3.05, 3.63) is 59.7 Å². The largest absolute Gasteiger partial charge is 0.491 e. The van der Waals surface area contributed by atoms with Crippen LogP contribution in [0.2, 0.25) is 0 Å². The molecular formula is C20H19NO3. The van der Waals surface area contributed by atoms with Crippen LogP contribution >= 0.6 is 0 Å². The van der Waals surface area contributed by atoms with Crippen molar-refractivity contribution in [2.75, 3.05) is 18.5 Å². The summed E-state index contributed by atoms with van der Waals surface area (Å²) < 4.78 is 11.2. The Hall–Kier alpha value is -2.77. The van der Waals surface area contributed by atoms with Gasteiger partial charge in [0.2, 0.25) is 0 Å². The van der Waals surface area contributed by atoms with Crippen molar-refractivity contribution in [1.29, 1.82) is 0 Å². The first-order valence-electron chi connectivity index (χ1n) is 7.97. The average molecular weight is 321 g/mol. The summed E-state index contributed by atoms with van der Waals surface area (Å²) >= 11 is 0. The van der Waals surface area contributed by atoms with Gasteiger partial charge in [0, 0.05) is 23.4 Å². The Morgan fingerprint density at radius 2 is 2.12 bits per heavy atom. The van der Waals surface area contributed by atoms with Gasteiger partial charge in [-0.05, 0) is 55.3 Å². The van der Waals surface area contributed by atoms with Crippen LogP contribution in [0.3, 0.4) is 0 Å². The van der Waals surface area contributed by atoms with Crippen molar-refractivity contribution in [3.8, 4) is 18.1 Å². The van der Waals surface area contributed by atoms with Gasteiger partial charge in [0.1, 0.15) is 12.4 Å². The van der Waals surface area contributed by atoms with E-state index in [1.807, 2.05) is 12.1 Å². The van der Waals surface area contributed by atoms with E-state index in [0.717, 1.165) is 30.8 Å². The topological polar surface area (TPSA) is 47.6 Å². The second-order valence-electron chi connectivity index (χ2n) is 5.65. The van der Waals surface area contributed by atoms with Crippen molar-refractivity contribution in [3.63, 3.8) is 0 Å². The molecule has 1 aliphatic rings. The summed E-state index contributed by atoms with van der Waals surface area (Å²) in [4.78, 5) is 12.3. The Morgan fingerprint density at radius 1 is 1.29 bits per heavy atom. The molecule has 3 rings (SSSR count). The first-order chi connectivity index (χ1) is 11.7. The molecular weight excluding hydrogens is 302 g/mol. The maximum Gasteiger partial charge on any atom is 0.255 e. The lowest BCUT2D eigenvalue weighted by Gasteiger charge is -2.12. The third-order valence-corrected chi connectivity index (χ3v) is 3.86. The van der Waals surface area contributed by atoms with Crippen LogP contribution in [-0.2, 0) is 4.74 Å². The minimum Gasteiger partial charge on any atom is -0.491 e. The third kappa shape index (κ3) is 4.15. The zero-order valence-corrected chi connectivity index (χ0v) is 13.3. The highest BCUT2D eigenvalue weighted by atomic mass is 16.5. The second kappa shape index (κ2) is 7.67. The number of anilines is 1. The van der Waals surface area contributed by atoms with E-state index in [-0.39, 0.29) is 12.0 Å². The van der Waals surface area contributed by atoms with Gasteiger partial charge < -0.3 is 14.8 Å². The summed E-state index contributed by atoms with van der Waals surface area (Å²) in [6.45, 7) is 1.36. The van der Waals surface area contributed by atoms with Gasteiger partial charge >= 0.3 is 0 Å². The molecule has 1 fully saturated rings. The molecule has 1 amide bonds. The van der Waals surface area contributed by atoms with Crippen molar-refractivity contribution >= 4 is 11.6 Å². The van der Waals surface area contributed by atoms with Gasteiger partial charge in [-0.2, -0.15) is 0 Å². The van der Waals surface area contributed by atoms with Crippen LogP contribution in [0.4, 0.5) is 5.69 Å². The first-order valence-corrected chi connectivity index (χ1v) is 7.97. The van der Waals surface area contributed by atoms with E-state index >= 15 is 0 Å². The van der Waals surface area contributed by atoms with Crippen LogP contribution in [0.15, 0.2) is 48.5 Å². The van der Waals surface area contributed by atoms with Crippen molar-refractivity contribution < 1.29 is 14.3 Å². The van der Waals surface area contributed by atoms with Crippen LogP contribution in [0, 0.1) is 12.3 Å². The standard InChI is InChI=1S/C20H19NO3/c1-2-15-5-3-6-17(13-15)21-20(22)16-8-10-18(11-9-16)24-14-19-7-4-12-23-19/h1,3,5-6,8-11,13,19H,4,7,12,14H2,(H,21,22). The second-order valence-corrected chi connectivity index (χ2v) is 5.65. The molecule has 0 bridgehead atoms. The molecule has 0 spiro atoms. The highest BCUT2D eigenvalue weighted by molar-refractivity contribution is 6.04. The summed E-state index contributed by atoms with van der Waals surface area (Å²) in [7, 11) is 0. The quantitative estimate of drug-likeness (QED) is 0.858. The number of carbonyl (C=O) groups is 1. The van der Waals surface area contributed by atoms with Crippen LogP contribution in [0.1, 0.15) is 28.8 Å². The molecule has 0 radical (unpaired) electrons. The Morgan fingerprint density at radius 3 is 2.83 bits per heavy atom. The van der Waals surface area contributed by atoms with Gasteiger partial charge in [0.15, 0.2) is 0 Å². The molecule has 2 aromatic rings. The fourth-order valence-electron chi connectivity index (χ4n) is 2.56. The number of hydrogen-bond donors (Lipinski definition) is 1. The van der Waals surface area contributed by atoms with Crippen molar-refractivity contribution in [2.24, 2.45) is 0 Å². The Kier molecular flexibility index (Phi) is 5.15. The highest BCUT2D eigenvalue weighted by Crippen LogP contribution is 2.17. The molecule has 1 atom stereocenters. The molecule has 0 aliphatic carbocycles. The number of benzene rings is 2. The number of rotatable bonds is 5. The molecule has 1 unspecified atom stereocenters. The molecule has 0 aromatic heterocycles. The minimum atomic E-state index is -0.185. The van der Waals surface area contributed by atoms with Crippen molar-refractivity contribution in [1.82, 2.24) is 0 Å². The van der Waals surface area contributed by atoms with E-state index in [1.165, 1.54) is 0 Å². The Balaban J connectivity index is 1.57. The molecule has 0 saturated carbocycles. The van der Waals surface area contributed by atoms with Gasteiger partial charge in [-0.1, -0.05) is 12.0 Å². The summed E-state index contributed by atoms with van der Waals surface area (Å²) in [5.74, 6) is 3.09. The summed E-state index contributed by atoms with van der Waals surface area (Å²) in [5.41, 5.74) is 1.96. The van der Waals surface area contributed by atoms with Crippen LogP contribution in [0.5, 0.6) is 5.75 Å². The van der Waals surface area contributed by atoms with E-state index in [4.69, 9.17) is 15.9 Å². The molecule has 1 aliphatic heterocycles. The lowest BCUT2D eigenvalue weighted by Crippen LogP contribution is -2.16. The summed E-state index contributed by atoms with van der Waals surface area (Å²) in [5, 5.41) is 2.83. The fraction of sp³-hybridized carbons (Fsp3) is 0.250. The fourth-order valence-corrected chi connectivity index (χ4v) is 2.56. The third-order valence-electron chi connectivity index (χ3n) is 3.86. The zero-order valence-electron chi connectivity index (χ0n) is 13.3. The van der Waals surface area contributed by atoms with Gasteiger partial charge in [0.25, 0.3) is 5.91 Å². The molecule has 122 valence electrons. The Bertz CT molecular complexity index is 740. The summed E-state index contributed by atoms with van der Waals surface area (Å²) in [6.07, 6.45) is 7.67. The van der Waals surface area contributed by atoms with E-state index in [2.05, 4.69) is 11.2 Å². The smallest absolute Gasteiger partial charge is 0.255 e. The number of amides is 1. The minimum absolute atomic E-state index is 0.177. The van der Waals surface area contributed by atoms with Gasteiger partial charge in [-0.3, -0.25) is 4.79 Å². The molecule has 4 heteroatoms. The van der Waals surface area contributed by atoms with Crippen LogP contribution in [0.25, 0.3) is 0 Å². The van der Waals surface area contributed by atoms with Gasteiger partial charge in [-0.25, -0.2) is 0 Å². The summed E-state index contributed by atoms with van der Waals surface area (Å²) in [6, 6.07) is 14.3.